The number of aryl methyl sites for hydroxylation is 2. The predicted molar refractivity (Wildman–Crippen MR) is 146 cm³/mol. The molecular weight excluding hydrogens is 481 g/mol. The van der Waals surface area contributed by atoms with E-state index in [1.165, 1.54) is 42.6 Å². The van der Waals surface area contributed by atoms with Crippen LogP contribution in [0.25, 0.3) is 0 Å². The van der Waals surface area contributed by atoms with Crippen LogP contribution >= 0.6 is 23.2 Å². The number of ether oxygens (including phenoxy) is 1. The topological polar surface area (TPSA) is 58.8 Å². The van der Waals surface area contributed by atoms with Gasteiger partial charge < -0.3 is 15.4 Å². The zero-order valence-electron chi connectivity index (χ0n) is 21.2. The molecule has 0 aromatic heterocycles. The number of halogens is 2. The molecule has 2 aromatic carbocycles. The Morgan fingerprint density at radius 2 is 1.63 bits per heavy atom. The van der Waals surface area contributed by atoms with Crippen LogP contribution in [0, 0.1) is 13.8 Å². The van der Waals surface area contributed by atoms with Crippen molar-refractivity contribution in [2.24, 2.45) is 5.73 Å². The Morgan fingerprint density at radius 3 is 2.23 bits per heavy atom. The molecule has 192 valence electrons. The fourth-order valence-electron chi connectivity index (χ4n) is 4.80. The van der Waals surface area contributed by atoms with Gasteiger partial charge in [-0.1, -0.05) is 35.3 Å². The van der Waals surface area contributed by atoms with E-state index in [1.54, 1.807) is 0 Å². The molecule has 5 nitrogen and oxygen atoms in total. The van der Waals surface area contributed by atoms with E-state index in [1.807, 2.05) is 35.2 Å². The number of carbonyl (C=O) groups excluding carboxylic acids is 1. The SMILES string of the molecule is CC(CN1CCCC1)Oc1cc(Cl)ccc1C1CCN(C(=O)CN)CC1.Cc1ccc(Cl)cc1C. The molecule has 2 heterocycles. The summed E-state index contributed by atoms with van der Waals surface area (Å²) < 4.78 is 6.31. The molecule has 1 unspecified atom stereocenters. The summed E-state index contributed by atoms with van der Waals surface area (Å²) in [7, 11) is 0. The average Bonchev–Trinajstić information content (AvgIpc) is 3.35. The van der Waals surface area contributed by atoms with E-state index >= 15 is 0 Å². The van der Waals surface area contributed by atoms with Crippen molar-refractivity contribution in [2.45, 2.75) is 58.5 Å². The van der Waals surface area contributed by atoms with E-state index in [0.29, 0.717) is 10.9 Å². The zero-order valence-corrected chi connectivity index (χ0v) is 22.7. The van der Waals surface area contributed by atoms with Crippen LogP contribution in [0.1, 0.15) is 55.2 Å². The second-order valence-corrected chi connectivity index (χ2v) is 10.6. The van der Waals surface area contributed by atoms with E-state index in [9.17, 15) is 4.79 Å². The van der Waals surface area contributed by atoms with Crippen molar-refractivity contribution < 1.29 is 9.53 Å². The summed E-state index contributed by atoms with van der Waals surface area (Å²) in [5, 5.41) is 1.52. The highest BCUT2D eigenvalue weighted by molar-refractivity contribution is 6.31. The summed E-state index contributed by atoms with van der Waals surface area (Å²) in [5.41, 5.74) is 9.24. The highest BCUT2D eigenvalue weighted by atomic mass is 35.5. The van der Waals surface area contributed by atoms with Crippen molar-refractivity contribution in [2.75, 3.05) is 39.3 Å². The third-order valence-corrected chi connectivity index (χ3v) is 7.42. The number of carbonyl (C=O) groups is 1. The minimum atomic E-state index is 0.0373. The minimum absolute atomic E-state index is 0.0373. The van der Waals surface area contributed by atoms with Crippen molar-refractivity contribution in [3.8, 4) is 5.75 Å². The molecule has 2 aromatic rings. The van der Waals surface area contributed by atoms with Crippen LogP contribution in [0.2, 0.25) is 10.0 Å². The zero-order chi connectivity index (χ0) is 25.4. The molecule has 1 amide bonds. The average molecular weight is 521 g/mol. The number of rotatable bonds is 6. The lowest BCUT2D eigenvalue weighted by Crippen LogP contribution is -2.41. The maximum atomic E-state index is 11.8. The molecule has 7 heteroatoms. The maximum absolute atomic E-state index is 11.8. The van der Waals surface area contributed by atoms with Gasteiger partial charge in [-0.15, -0.1) is 0 Å². The summed E-state index contributed by atoms with van der Waals surface area (Å²) in [6.07, 6.45) is 4.57. The molecule has 0 radical (unpaired) electrons. The molecule has 0 spiro atoms. The molecule has 0 aliphatic carbocycles. The number of hydrogen-bond donors (Lipinski definition) is 1. The molecule has 2 N–H and O–H groups in total. The van der Waals surface area contributed by atoms with Crippen LogP contribution in [0.4, 0.5) is 0 Å². The number of piperidine rings is 1. The molecule has 1 atom stereocenters. The van der Waals surface area contributed by atoms with E-state index in [4.69, 9.17) is 33.7 Å². The lowest BCUT2D eigenvalue weighted by atomic mass is 9.88. The van der Waals surface area contributed by atoms with Crippen molar-refractivity contribution in [3.05, 3.63) is 63.1 Å². The highest BCUT2D eigenvalue weighted by Crippen LogP contribution is 2.36. The first-order chi connectivity index (χ1) is 16.8. The van der Waals surface area contributed by atoms with E-state index < -0.39 is 0 Å². The Balaban J connectivity index is 0.000000320. The summed E-state index contributed by atoms with van der Waals surface area (Å²) in [6.45, 7) is 11.2. The van der Waals surface area contributed by atoms with Crippen LogP contribution in [-0.2, 0) is 4.79 Å². The van der Waals surface area contributed by atoms with Gasteiger partial charge in [-0.3, -0.25) is 9.69 Å². The Labute approximate surface area is 220 Å². The maximum Gasteiger partial charge on any atom is 0.236 e. The Bertz CT molecular complexity index is 971. The van der Waals surface area contributed by atoms with Gasteiger partial charge in [0.15, 0.2) is 0 Å². The highest BCUT2D eigenvalue weighted by Gasteiger charge is 2.26. The Hall–Kier alpha value is -1.79. The first-order valence-corrected chi connectivity index (χ1v) is 13.4. The van der Waals surface area contributed by atoms with Crippen molar-refractivity contribution in [3.63, 3.8) is 0 Å². The van der Waals surface area contributed by atoms with E-state index in [2.05, 4.69) is 31.7 Å². The van der Waals surface area contributed by atoms with Crippen molar-refractivity contribution in [1.29, 1.82) is 0 Å². The van der Waals surface area contributed by atoms with Gasteiger partial charge in [-0.2, -0.15) is 0 Å². The van der Waals surface area contributed by atoms with E-state index in [0.717, 1.165) is 43.2 Å². The summed E-state index contributed by atoms with van der Waals surface area (Å²) in [5.74, 6) is 1.33. The molecule has 2 aliphatic heterocycles. The quantitative estimate of drug-likeness (QED) is 0.521. The Kier molecular flexibility index (Phi) is 10.7. The number of benzene rings is 2. The minimum Gasteiger partial charge on any atom is -0.489 e. The summed E-state index contributed by atoms with van der Waals surface area (Å²) in [4.78, 5) is 16.1. The van der Waals surface area contributed by atoms with Crippen LogP contribution in [-0.4, -0.2) is 61.1 Å². The molecule has 0 saturated carbocycles. The Morgan fingerprint density at radius 1 is 1.00 bits per heavy atom. The molecule has 35 heavy (non-hydrogen) atoms. The summed E-state index contributed by atoms with van der Waals surface area (Å²) in [6, 6.07) is 11.9. The van der Waals surface area contributed by atoms with Crippen LogP contribution < -0.4 is 10.5 Å². The van der Waals surface area contributed by atoms with Gasteiger partial charge in [-0.05, 0) is 106 Å². The van der Waals surface area contributed by atoms with Gasteiger partial charge in [0.05, 0.1) is 6.54 Å². The molecule has 2 fully saturated rings. The molecule has 2 aliphatic rings. The fourth-order valence-corrected chi connectivity index (χ4v) is 5.19. The second kappa shape index (κ2) is 13.5. The molecule has 0 bridgehead atoms. The van der Waals surface area contributed by atoms with Gasteiger partial charge >= 0.3 is 0 Å². The number of hydrogen-bond acceptors (Lipinski definition) is 4. The first kappa shape index (κ1) is 27.8. The monoisotopic (exact) mass is 519 g/mol. The molecule has 4 rings (SSSR count). The van der Waals surface area contributed by atoms with Gasteiger partial charge in [0, 0.05) is 29.7 Å². The van der Waals surface area contributed by atoms with Gasteiger partial charge in [0.25, 0.3) is 0 Å². The van der Waals surface area contributed by atoms with Crippen molar-refractivity contribution >= 4 is 29.1 Å². The van der Waals surface area contributed by atoms with Crippen molar-refractivity contribution in [1.82, 2.24) is 9.80 Å². The third kappa shape index (κ3) is 8.38. The normalized spacial score (nSPS) is 17.6. The third-order valence-electron chi connectivity index (χ3n) is 6.95. The second-order valence-electron chi connectivity index (χ2n) is 9.71. The lowest BCUT2D eigenvalue weighted by Gasteiger charge is -2.33. The molecular formula is C28H39Cl2N3O2. The fraction of sp³-hybridized carbons (Fsp3) is 0.536. The van der Waals surface area contributed by atoms with E-state index in [-0.39, 0.29) is 18.6 Å². The standard InChI is InChI=1S/C20H30ClN3O2.C8H9Cl/c1-15(14-23-8-2-3-9-23)26-19-12-17(21)4-5-18(19)16-6-10-24(11-7-16)20(25)13-22;1-6-3-4-8(9)5-7(6)2/h4-5,12,15-16H,2-3,6-11,13-14,22H2,1H3;3-5H,1-2H3. The first-order valence-electron chi connectivity index (χ1n) is 12.7. The van der Waals surface area contributed by atoms with Gasteiger partial charge in [0.1, 0.15) is 11.9 Å². The number of nitrogens with zero attached hydrogens (tertiary/aromatic N) is 2. The predicted octanol–water partition coefficient (Wildman–Crippen LogP) is 5.82. The number of likely N-dealkylation sites (tertiary alicyclic amines) is 2. The van der Waals surface area contributed by atoms with Crippen LogP contribution in [0.5, 0.6) is 5.75 Å². The summed E-state index contributed by atoms with van der Waals surface area (Å²) >= 11 is 12.0. The number of nitrogens with two attached hydrogens (primary N) is 1. The molecule has 2 saturated heterocycles. The largest absolute Gasteiger partial charge is 0.489 e. The van der Waals surface area contributed by atoms with Crippen LogP contribution in [0.3, 0.4) is 0 Å². The smallest absolute Gasteiger partial charge is 0.236 e. The van der Waals surface area contributed by atoms with Crippen LogP contribution in [0.15, 0.2) is 36.4 Å². The lowest BCUT2D eigenvalue weighted by molar-refractivity contribution is -0.130. The number of amides is 1. The van der Waals surface area contributed by atoms with Gasteiger partial charge in [-0.25, -0.2) is 0 Å². The van der Waals surface area contributed by atoms with Gasteiger partial charge in [0.2, 0.25) is 5.91 Å².